The van der Waals surface area contributed by atoms with Crippen molar-refractivity contribution in [3.05, 3.63) is 81.0 Å². The average molecular weight is 598 g/mol. The van der Waals surface area contributed by atoms with Gasteiger partial charge in [0.25, 0.3) is 11.8 Å². The van der Waals surface area contributed by atoms with Crippen LogP contribution in [-0.2, 0) is 18.9 Å². The molecule has 0 saturated heterocycles. The lowest BCUT2D eigenvalue weighted by atomic mass is 10.0. The van der Waals surface area contributed by atoms with Crippen LogP contribution in [0.3, 0.4) is 0 Å². The van der Waals surface area contributed by atoms with E-state index < -0.39 is 42.1 Å². The lowest BCUT2D eigenvalue weighted by molar-refractivity contribution is -0.165. The minimum Gasteiger partial charge on any atom is -0.366 e. The number of amides is 2. The molecular weight excluding hydrogens is 584 g/mol. The molecule has 1 aromatic carbocycles. The summed E-state index contributed by atoms with van der Waals surface area (Å²) in [5.74, 6) is -2.02. The molecule has 0 fully saturated rings. The number of pyridine rings is 1. The molecule has 18 heteroatoms. The second kappa shape index (κ2) is 10.5. The van der Waals surface area contributed by atoms with Crippen LogP contribution in [0.4, 0.5) is 32.0 Å². The van der Waals surface area contributed by atoms with Crippen LogP contribution in [-0.4, -0.2) is 41.6 Å². The van der Waals surface area contributed by atoms with E-state index in [9.17, 15) is 41.2 Å². The SMILES string of the molecule is Cc1cc(C#N)cc(C(N)=O)c1NC(=O)c1cc(Cn2nc(C(F)(F)F)c(C(F)(F)F)n2)nn1-c1ncccc1Cl. The minimum atomic E-state index is -5.45. The van der Waals surface area contributed by atoms with E-state index in [2.05, 4.69) is 25.6 Å². The maximum absolute atomic E-state index is 13.4. The van der Waals surface area contributed by atoms with Crippen molar-refractivity contribution in [2.75, 3.05) is 5.32 Å². The van der Waals surface area contributed by atoms with Gasteiger partial charge in [-0.2, -0.15) is 41.5 Å². The van der Waals surface area contributed by atoms with Gasteiger partial charge in [0.05, 0.1) is 33.6 Å². The van der Waals surface area contributed by atoms with Crippen molar-refractivity contribution in [2.45, 2.75) is 25.8 Å². The summed E-state index contributed by atoms with van der Waals surface area (Å²) in [6.07, 6.45) is -9.61. The highest BCUT2D eigenvalue weighted by molar-refractivity contribution is 6.32. The molecule has 3 aromatic heterocycles. The van der Waals surface area contributed by atoms with E-state index >= 15 is 0 Å². The molecule has 0 aliphatic carbocycles. The number of nitrogens with one attached hydrogen (secondary N) is 1. The van der Waals surface area contributed by atoms with E-state index in [-0.39, 0.29) is 49.4 Å². The van der Waals surface area contributed by atoms with Crippen LogP contribution in [0.25, 0.3) is 5.82 Å². The summed E-state index contributed by atoms with van der Waals surface area (Å²) >= 11 is 6.19. The van der Waals surface area contributed by atoms with Crippen LogP contribution in [0.2, 0.25) is 5.02 Å². The topological polar surface area (TPSA) is 157 Å². The Labute approximate surface area is 230 Å². The largest absolute Gasteiger partial charge is 0.437 e. The van der Waals surface area contributed by atoms with Gasteiger partial charge >= 0.3 is 12.4 Å². The van der Waals surface area contributed by atoms with E-state index in [1.807, 2.05) is 6.07 Å². The minimum absolute atomic E-state index is 0.0143. The quantitative estimate of drug-likeness (QED) is 0.316. The molecule has 0 unspecified atom stereocenters. The highest BCUT2D eigenvalue weighted by Crippen LogP contribution is 2.38. The molecule has 3 N–H and O–H groups in total. The van der Waals surface area contributed by atoms with Gasteiger partial charge in [-0.25, -0.2) is 9.67 Å². The number of nitrogens with two attached hydrogens (primary N) is 1. The number of alkyl halides is 6. The number of aryl methyl sites for hydroxylation is 1. The first-order chi connectivity index (χ1) is 19.1. The van der Waals surface area contributed by atoms with E-state index in [4.69, 9.17) is 17.3 Å². The molecule has 0 aliphatic rings. The second-order valence-electron chi connectivity index (χ2n) is 8.31. The number of halogens is 7. The molecule has 41 heavy (non-hydrogen) atoms. The van der Waals surface area contributed by atoms with Gasteiger partial charge in [0.2, 0.25) is 0 Å². The van der Waals surface area contributed by atoms with E-state index in [0.29, 0.717) is 0 Å². The lowest BCUT2D eigenvalue weighted by Crippen LogP contribution is -2.22. The molecule has 11 nitrogen and oxygen atoms in total. The highest BCUT2D eigenvalue weighted by atomic mass is 35.5. The molecule has 0 atom stereocenters. The van der Waals surface area contributed by atoms with Crippen LogP contribution in [0.5, 0.6) is 0 Å². The fourth-order valence-corrected chi connectivity index (χ4v) is 3.90. The van der Waals surface area contributed by atoms with E-state index in [1.165, 1.54) is 31.3 Å². The standard InChI is InChI=1S/C23H14ClF6N9O2/c1-10-5-11(8-31)6-13(19(32)40)16(10)34-21(41)15-7-12(35-39(15)20-14(24)3-2-4-33-20)9-38-36-17(22(25,26)27)18(37-38)23(28,29)30/h2-7H,9H2,1H3,(H2,32,40)(H,34,41). The smallest absolute Gasteiger partial charge is 0.366 e. The first-order valence-electron chi connectivity index (χ1n) is 11.1. The molecule has 4 rings (SSSR count). The number of carbonyl (C=O) groups is 2. The van der Waals surface area contributed by atoms with Gasteiger partial charge < -0.3 is 11.1 Å². The number of primary amides is 1. The van der Waals surface area contributed by atoms with Crippen LogP contribution in [0.15, 0.2) is 36.5 Å². The number of nitrogens with zero attached hydrogens (tertiary/aromatic N) is 7. The maximum Gasteiger partial charge on any atom is 0.437 e. The summed E-state index contributed by atoms with van der Waals surface area (Å²) < 4.78 is 80.0. The number of nitriles is 1. The third-order valence-electron chi connectivity index (χ3n) is 5.40. The van der Waals surface area contributed by atoms with Crippen molar-refractivity contribution in [3.8, 4) is 11.9 Å². The zero-order valence-corrected chi connectivity index (χ0v) is 21.1. The number of anilines is 1. The van der Waals surface area contributed by atoms with Crippen LogP contribution in [0, 0.1) is 18.3 Å². The molecule has 0 aliphatic heterocycles. The number of aromatic nitrogens is 6. The summed E-state index contributed by atoms with van der Waals surface area (Å²) in [6.45, 7) is 0.667. The number of hydrogen-bond donors (Lipinski definition) is 2. The molecule has 0 radical (unpaired) electrons. The Balaban J connectivity index is 1.80. The zero-order valence-electron chi connectivity index (χ0n) is 20.3. The van der Waals surface area contributed by atoms with Crippen molar-refractivity contribution >= 4 is 29.1 Å². The van der Waals surface area contributed by atoms with Gasteiger partial charge in [-0.05, 0) is 42.8 Å². The third kappa shape index (κ3) is 5.96. The summed E-state index contributed by atoms with van der Waals surface area (Å²) in [5, 5.41) is 21.6. The highest BCUT2D eigenvalue weighted by Gasteiger charge is 2.48. The van der Waals surface area contributed by atoms with Crippen LogP contribution < -0.4 is 11.1 Å². The number of benzene rings is 1. The molecule has 0 spiro atoms. The van der Waals surface area contributed by atoms with Gasteiger partial charge in [0.1, 0.15) is 12.2 Å². The molecule has 4 aromatic rings. The Morgan fingerprint density at radius 3 is 2.24 bits per heavy atom. The number of hydrogen-bond acceptors (Lipinski definition) is 7. The fourth-order valence-electron chi connectivity index (χ4n) is 3.70. The van der Waals surface area contributed by atoms with Gasteiger partial charge in [0, 0.05) is 6.20 Å². The summed E-state index contributed by atoms with van der Waals surface area (Å²) in [7, 11) is 0. The third-order valence-corrected chi connectivity index (χ3v) is 5.69. The van der Waals surface area contributed by atoms with Gasteiger partial charge in [0.15, 0.2) is 17.2 Å². The van der Waals surface area contributed by atoms with Gasteiger partial charge in [-0.3, -0.25) is 9.59 Å². The van der Waals surface area contributed by atoms with Crippen LogP contribution >= 0.6 is 11.6 Å². The Kier molecular flexibility index (Phi) is 7.46. The van der Waals surface area contributed by atoms with Crippen molar-refractivity contribution < 1.29 is 35.9 Å². The Bertz CT molecular complexity index is 1690. The van der Waals surface area contributed by atoms with Gasteiger partial charge in [-0.1, -0.05) is 11.6 Å². The van der Waals surface area contributed by atoms with Crippen molar-refractivity contribution in [1.29, 1.82) is 5.26 Å². The molecule has 0 bridgehead atoms. The fraction of sp³-hybridized carbons (Fsp3) is 0.174. The monoisotopic (exact) mass is 597 g/mol. The maximum atomic E-state index is 13.4. The molecule has 3 heterocycles. The number of carbonyl (C=O) groups excluding carboxylic acids is 2. The zero-order chi connectivity index (χ0) is 30.3. The van der Waals surface area contributed by atoms with Crippen molar-refractivity contribution in [2.24, 2.45) is 5.73 Å². The van der Waals surface area contributed by atoms with E-state index in [0.717, 1.165) is 16.8 Å². The Hall–Kier alpha value is -4.98. The summed E-state index contributed by atoms with van der Waals surface area (Å²) in [4.78, 5) is 29.6. The van der Waals surface area contributed by atoms with E-state index in [1.54, 1.807) is 0 Å². The summed E-state index contributed by atoms with van der Waals surface area (Å²) in [6, 6.07) is 8.27. The predicted molar refractivity (Wildman–Crippen MR) is 128 cm³/mol. The molecule has 2 amide bonds. The average Bonchev–Trinajstić information content (AvgIpc) is 3.50. The molecule has 212 valence electrons. The van der Waals surface area contributed by atoms with Crippen LogP contribution in [0.1, 0.15) is 49.1 Å². The number of rotatable bonds is 6. The summed E-state index contributed by atoms with van der Waals surface area (Å²) in [5.41, 5.74) is 0.455. The Morgan fingerprint density at radius 1 is 1.07 bits per heavy atom. The lowest BCUT2D eigenvalue weighted by Gasteiger charge is -2.13. The van der Waals surface area contributed by atoms with Gasteiger partial charge in [-0.15, -0.1) is 10.2 Å². The predicted octanol–water partition coefficient (Wildman–Crippen LogP) is 4.13. The molecular formula is C23H14ClF6N9O2. The first kappa shape index (κ1) is 29.0. The second-order valence-corrected chi connectivity index (χ2v) is 8.72. The first-order valence-corrected chi connectivity index (χ1v) is 11.4. The normalized spacial score (nSPS) is 11.8. The van der Waals surface area contributed by atoms with Crippen molar-refractivity contribution in [1.82, 2.24) is 29.8 Å². The Morgan fingerprint density at radius 2 is 1.71 bits per heavy atom. The van der Waals surface area contributed by atoms with Crippen molar-refractivity contribution in [3.63, 3.8) is 0 Å². The molecule has 0 saturated carbocycles.